The van der Waals surface area contributed by atoms with Crippen molar-refractivity contribution in [1.82, 2.24) is 10.2 Å². The van der Waals surface area contributed by atoms with Crippen molar-refractivity contribution in [2.45, 2.75) is 23.3 Å². The third-order valence-corrected chi connectivity index (χ3v) is 3.92. The molecule has 0 unspecified atom stereocenters. The standard InChI is InChI=1S/C13H18N2OS/c1-15(2)12(16)14-13(8-9-13)10-6-4-5-7-11(10)17-3/h4-7H,8-9H2,1-3H3,(H,14,16). The summed E-state index contributed by atoms with van der Waals surface area (Å²) in [6.07, 6.45) is 4.14. The van der Waals surface area contributed by atoms with Gasteiger partial charge in [0.1, 0.15) is 0 Å². The zero-order valence-electron chi connectivity index (χ0n) is 10.5. The van der Waals surface area contributed by atoms with Gasteiger partial charge in [-0.2, -0.15) is 0 Å². The van der Waals surface area contributed by atoms with Crippen LogP contribution in [0.25, 0.3) is 0 Å². The highest BCUT2D eigenvalue weighted by Gasteiger charge is 2.47. The molecular weight excluding hydrogens is 232 g/mol. The van der Waals surface area contributed by atoms with Crippen LogP contribution in [0.15, 0.2) is 29.2 Å². The fourth-order valence-electron chi connectivity index (χ4n) is 1.94. The molecular formula is C13H18N2OS. The Labute approximate surface area is 107 Å². The van der Waals surface area contributed by atoms with Gasteiger partial charge >= 0.3 is 6.03 Å². The molecule has 1 saturated carbocycles. The van der Waals surface area contributed by atoms with E-state index >= 15 is 0 Å². The van der Waals surface area contributed by atoms with E-state index in [1.54, 1.807) is 30.8 Å². The molecule has 0 spiro atoms. The van der Waals surface area contributed by atoms with Crippen LogP contribution in [0.1, 0.15) is 18.4 Å². The number of nitrogens with zero attached hydrogens (tertiary/aromatic N) is 1. The number of thioether (sulfide) groups is 1. The average molecular weight is 250 g/mol. The van der Waals surface area contributed by atoms with Crippen LogP contribution < -0.4 is 5.32 Å². The van der Waals surface area contributed by atoms with Gasteiger partial charge in [0.05, 0.1) is 5.54 Å². The predicted molar refractivity (Wildman–Crippen MR) is 71.4 cm³/mol. The van der Waals surface area contributed by atoms with Crippen molar-refractivity contribution in [2.75, 3.05) is 20.4 Å². The second-order valence-corrected chi connectivity index (χ2v) is 5.46. The first kappa shape index (κ1) is 12.3. The quantitative estimate of drug-likeness (QED) is 0.836. The topological polar surface area (TPSA) is 32.3 Å². The lowest BCUT2D eigenvalue weighted by molar-refractivity contribution is 0.211. The first-order chi connectivity index (χ1) is 8.09. The van der Waals surface area contributed by atoms with Crippen LogP contribution in [0.5, 0.6) is 0 Å². The van der Waals surface area contributed by atoms with Gasteiger partial charge in [-0.3, -0.25) is 0 Å². The minimum atomic E-state index is -0.124. The molecule has 4 heteroatoms. The van der Waals surface area contributed by atoms with E-state index in [9.17, 15) is 4.79 Å². The third kappa shape index (κ3) is 2.41. The first-order valence-corrected chi connectivity index (χ1v) is 6.94. The molecule has 1 aromatic rings. The second kappa shape index (κ2) is 4.61. The summed E-state index contributed by atoms with van der Waals surface area (Å²) in [5, 5.41) is 3.13. The van der Waals surface area contributed by atoms with E-state index in [0.29, 0.717) is 0 Å². The van der Waals surface area contributed by atoms with Crippen LogP contribution in [0.3, 0.4) is 0 Å². The molecule has 92 valence electrons. The van der Waals surface area contributed by atoms with Crippen molar-refractivity contribution in [3.05, 3.63) is 29.8 Å². The number of carbonyl (C=O) groups excluding carboxylic acids is 1. The van der Waals surface area contributed by atoms with Gasteiger partial charge in [0.2, 0.25) is 0 Å². The van der Waals surface area contributed by atoms with Crippen LogP contribution in [0.4, 0.5) is 4.79 Å². The van der Waals surface area contributed by atoms with Gasteiger partial charge in [-0.05, 0) is 30.7 Å². The van der Waals surface area contributed by atoms with E-state index in [2.05, 4.69) is 23.7 Å². The average Bonchev–Trinajstić information content (AvgIpc) is 3.09. The van der Waals surface area contributed by atoms with Crippen molar-refractivity contribution < 1.29 is 4.79 Å². The van der Waals surface area contributed by atoms with Crippen molar-refractivity contribution in [3.8, 4) is 0 Å². The molecule has 0 radical (unpaired) electrons. The molecule has 0 aromatic heterocycles. The summed E-state index contributed by atoms with van der Waals surface area (Å²) in [6.45, 7) is 0. The van der Waals surface area contributed by atoms with Gasteiger partial charge in [0, 0.05) is 19.0 Å². The molecule has 1 aliphatic rings. The summed E-state index contributed by atoms with van der Waals surface area (Å²) in [7, 11) is 3.54. The Morgan fingerprint density at radius 3 is 2.53 bits per heavy atom. The van der Waals surface area contributed by atoms with Crippen LogP contribution in [-0.4, -0.2) is 31.3 Å². The largest absolute Gasteiger partial charge is 0.331 e. The Bertz CT molecular complexity index is 427. The molecule has 3 nitrogen and oxygen atoms in total. The highest BCUT2D eigenvalue weighted by molar-refractivity contribution is 7.98. The lowest BCUT2D eigenvalue weighted by atomic mass is 10.1. The van der Waals surface area contributed by atoms with Crippen molar-refractivity contribution in [2.24, 2.45) is 0 Å². The molecule has 0 aliphatic heterocycles. The number of urea groups is 1. The minimum absolute atomic E-state index is 0.0154. The maximum atomic E-state index is 11.8. The predicted octanol–water partition coefficient (Wildman–Crippen LogP) is 2.67. The van der Waals surface area contributed by atoms with Crippen LogP contribution >= 0.6 is 11.8 Å². The Hall–Kier alpha value is -1.16. The highest BCUT2D eigenvalue weighted by Crippen LogP contribution is 2.48. The number of rotatable bonds is 3. The maximum Gasteiger partial charge on any atom is 0.317 e. The number of hydrogen-bond acceptors (Lipinski definition) is 2. The maximum absolute atomic E-state index is 11.8. The fourth-order valence-corrected chi connectivity index (χ4v) is 2.64. The molecule has 2 rings (SSSR count). The van der Waals surface area contributed by atoms with E-state index < -0.39 is 0 Å². The first-order valence-electron chi connectivity index (χ1n) is 5.72. The fraction of sp³-hybridized carbons (Fsp3) is 0.462. The molecule has 1 aliphatic carbocycles. The number of hydrogen-bond donors (Lipinski definition) is 1. The summed E-state index contributed by atoms with van der Waals surface area (Å²) in [5.41, 5.74) is 1.13. The smallest absolute Gasteiger partial charge is 0.317 e. The third-order valence-electron chi connectivity index (χ3n) is 3.12. The monoisotopic (exact) mass is 250 g/mol. The zero-order chi connectivity index (χ0) is 12.5. The Balaban J connectivity index is 2.24. The highest BCUT2D eigenvalue weighted by atomic mass is 32.2. The van der Waals surface area contributed by atoms with E-state index in [-0.39, 0.29) is 11.6 Å². The number of amides is 2. The Morgan fingerprint density at radius 1 is 1.35 bits per heavy atom. The van der Waals surface area contributed by atoms with Gasteiger partial charge in [0.15, 0.2) is 0 Å². The van der Waals surface area contributed by atoms with Gasteiger partial charge in [-0.1, -0.05) is 18.2 Å². The molecule has 1 aromatic carbocycles. The van der Waals surface area contributed by atoms with Crippen LogP contribution in [0.2, 0.25) is 0 Å². The molecule has 17 heavy (non-hydrogen) atoms. The summed E-state index contributed by atoms with van der Waals surface area (Å²) in [5.74, 6) is 0. The number of carbonyl (C=O) groups is 1. The number of nitrogens with one attached hydrogen (secondary N) is 1. The van der Waals surface area contributed by atoms with E-state index in [4.69, 9.17) is 0 Å². The molecule has 2 amide bonds. The lowest BCUT2D eigenvalue weighted by Crippen LogP contribution is -2.41. The SMILES string of the molecule is CSc1ccccc1C1(NC(=O)N(C)C)CC1. The van der Waals surface area contributed by atoms with E-state index in [0.717, 1.165) is 12.8 Å². The zero-order valence-corrected chi connectivity index (χ0v) is 11.3. The molecule has 1 N–H and O–H groups in total. The number of benzene rings is 1. The molecule has 1 fully saturated rings. The van der Waals surface area contributed by atoms with Gasteiger partial charge < -0.3 is 10.2 Å². The molecule has 0 heterocycles. The van der Waals surface area contributed by atoms with Crippen LogP contribution in [-0.2, 0) is 5.54 Å². The summed E-state index contributed by atoms with van der Waals surface area (Å²) in [6, 6.07) is 8.30. The second-order valence-electron chi connectivity index (χ2n) is 4.61. The lowest BCUT2D eigenvalue weighted by Gasteiger charge is -2.22. The minimum Gasteiger partial charge on any atom is -0.331 e. The molecule has 0 saturated heterocycles. The summed E-state index contributed by atoms with van der Waals surface area (Å²) < 4.78 is 0. The van der Waals surface area contributed by atoms with Gasteiger partial charge in [0.25, 0.3) is 0 Å². The van der Waals surface area contributed by atoms with Gasteiger partial charge in [-0.25, -0.2) is 4.79 Å². The molecule has 0 atom stereocenters. The Morgan fingerprint density at radius 2 is 2.00 bits per heavy atom. The van der Waals surface area contributed by atoms with Crippen molar-refractivity contribution >= 4 is 17.8 Å². The van der Waals surface area contributed by atoms with Crippen molar-refractivity contribution in [1.29, 1.82) is 0 Å². The van der Waals surface area contributed by atoms with E-state index in [1.807, 2.05) is 12.1 Å². The summed E-state index contributed by atoms with van der Waals surface area (Å²) in [4.78, 5) is 14.6. The normalized spacial score (nSPS) is 16.4. The summed E-state index contributed by atoms with van der Waals surface area (Å²) >= 11 is 1.73. The van der Waals surface area contributed by atoms with E-state index in [1.165, 1.54) is 10.5 Å². The van der Waals surface area contributed by atoms with Crippen molar-refractivity contribution in [3.63, 3.8) is 0 Å². The Kier molecular flexibility index (Phi) is 3.33. The molecule has 0 bridgehead atoms. The van der Waals surface area contributed by atoms with Gasteiger partial charge in [-0.15, -0.1) is 11.8 Å². The van der Waals surface area contributed by atoms with Crippen LogP contribution in [0, 0.1) is 0 Å².